The summed E-state index contributed by atoms with van der Waals surface area (Å²) in [5.41, 5.74) is -0.787. The highest BCUT2D eigenvalue weighted by Crippen LogP contribution is 2.26. The van der Waals surface area contributed by atoms with Gasteiger partial charge in [0.15, 0.2) is 11.5 Å². The van der Waals surface area contributed by atoms with Gasteiger partial charge in [-0.15, -0.1) is 6.42 Å². The van der Waals surface area contributed by atoms with Crippen molar-refractivity contribution in [3.05, 3.63) is 70.6 Å². The molecular weight excluding hydrogens is 445 g/mol. The standard InChI is InChI=1S/C25H27F3N4O2/c1-5-7-18(8-6-2)15-32-14-13-30-23(32)21(22(29)25(26,27)28)24(34)31-16(3)19-9-11-20(12-10-19)17(4)33/h1,6-12,16,29-30H,13-15H2,2-4H3,(H,31,34)/b8-6-,18-7+,23-21-,29-22?. The lowest BCUT2D eigenvalue weighted by molar-refractivity contribution is -0.118. The van der Waals surface area contributed by atoms with Crippen LogP contribution in [0.4, 0.5) is 13.2 Å². The number of carbonyl (C=O) groups is 2. The van der Waals surface area contributed by atoms with Crippen molar-refractivity contribution < 1.29 is 22.8 Å². The largest absolute Gasteiger partial charge is 0.433 e. The molecule has 0 saturated carbocycles. The topological polar surface area (TPSA) is 85.3 Å². The van der Waals surface area contributed by atoms with Crippen molar-refractivity contribution >= 4 is 17.4 Å². The van der Waals surface area contributed by atoms with Gasteiger partial charge in [0, 0.05) is 25.2 Å². The first-order chi connectivity index (χ1) is 16.0. The fraction of sp³-hybridized carbons (Fsp3) is 0.320. The summed E-state index contributed by atoms with van der Waals surface area (Å²) in [6.45, 7) is 5.62. The fourth-order valence-electron chi connectivity index (χ4n) is 3.47. The van der Waals surface area contributed by atoms with Crippen LogP contribution in [-0.4, -0.2) is 48.1 Å². The van der Waals surface area contributed by atoms with E-state index in [0.29, 0.717) is 29.8 Å². The van der Waals surface area contributed by atoms with Crippen LogP contribution in [0.5, 0.6) is 0 Å². The Bertz CT molecular complexity index is 1080. The molecule has 1 atom stereocenters. The number of terminal acetylenes is 1. The minimum absolute atomic E-state index is 0.0774. The zero-order valence-electron chi connectivity index (χ0n) is 19.2. The lowest BCUT2D eigenvalue weighted by Crippen LogP contribution is -2.39. The van der Waals surface area contributed by atoms with Gasteiger partial charge < -0.3 is 15.5 Å². The maximum absolute atomic E-state index is 13.6. The third-order valence-corrected chi connectivity index (χ3v) is 5.18. The van der Waals surface area contributed by atoms with Crippen LogP contribution in [0.25, 0.3) is 0 Å². The van der Waals surface area contributed by atoms with E-state index in [1.165, 1.54) is 13.0 Å². The first kappa shape index (κ1) is 26.5. The van der Waals surface area contributed by atoms with Gasteiger partial charge >= 0.3 is 6.18 Å². The molecule has 1 aromatic carbocycles. The smallest absolute Gasteiger partial charge is 0.369 e. The van der Waals surface area contributed by atoms with Crippen LogP contribution in [0.1, 0.15) is 42.7 Å². The number of carbonyl (C=O) groups excluding carboxylic acids is 2. The maximum atomic E-state index is 13.6. The molecule has 0 spiro atoms. The molecule has 0 aliphatic carbocycles. The van der Waals surface area contributed by atoms with Crippen molar-refractivity contribution in [2.45, 2.75) is 33.0 Å². The zero-order chi connectivity index (χ0) is 25.5. The van der Waals surface area contributed by atoms with E-state index in [-0.39, 0.29) is 18.1 Å². The van der Waals surface area contributed by atoms with Gasteiger partial charge in [0.1, 0.15) is 11.4 Å². The van der Waals surface area contributed by atoms with Gasteiger partial charge in [0.05, 0.1) is 6.04 Å². The number of alkyl halides is 3. The van der Waals surface area contributed by atoms with Crippen molar-refractivity contribution in [2.75, 3.05) is 19.6 Å². The van der Waals surface area contributed by atoms with E-state index < -0.39 is 29.4 Å². The van der Waals surface area contributed by atoms with Crippen molar-refractivity contribution in [1.29, 1.82) is 5.41 Å². The second-order valence-corrected chi connectivity index (χ2v) is 7.70. The highest BCUT2D eigenvalue weighted by molar-refractivity contribution is 6.23. The van der Waals surface area contributed by atoms with E-state index in [2.05, 4.69) is 16.6 Å². The number of allylic oxidation sites excluding steroid dienone is 2. The lowest BCUT2D eigenvalue weighted by atomic mass is 10.0. The molecule has 1 heterocycles. The molecule has 1 amide bonds. The average molecular weight is 473 g/mol. The van der Waals surface area contributed by atoms with Gasteiger partial charge in [-0.2, -0.15) is 13.2 Å². The third-order valence-electron chi connectivity index (χ3n) is 5.18. The minimum atomic E-state index is -5.03. The fourth-order valence-corrected chi connectivity index (χ4v) is 3.47. The number of ketones is 1. The SMILES string of the molecule is C#C/C=C(\C=C/C)CN1CCN/C1=C(\C(=N)C(F)(F)F)C(=O)NC(C)c1ccc(C(C)=O)cc1. The number of rotatable bonds is 8. The normalized spacial score (nSPS) is 16.6. The van der Waals surface area contributed by atoms with Crippen LogP contribution >= 0.6 is 0 Å². The van der Waals surface area contributed by atoms with Crippen molar-refractivity contribution in [3.63, 3.8) is 0 Å². The van der Waals surface area contributed by atoms with Crippen LogP contribution in [0.15, 0.2) is 59.5 Å². The molecule has 1 unspecified atom stereocenters. The summed E-state index contributed by atoms with van der Waals surface area (Å²) in [5.74, 6) is 1.16. The minimum Gasteiger partial charge on any atom is -0.369 e. The molecule has 1 aliphatic rings. The van der Waals surface area contributed by atoms with Crippen LogP contribution < -0.4 is 10.6 Å². The first-order valence-corrected chi connectivity index (χ1v) is 10.6. The molecule has 1 fully saturated rings. The predicted octanol–water partition coefficient (Wildman–Crippen LogP) is 3.90. The number of Topliss-reactive ketones (excluding diaryl/α,β-unsaturated/α-hetero) is 1. The van der Waals surface area contributed by atoms with Gasteiger partial charge in [-0.05, 0) is 38.0 Å². The van der Waals surface area contributed by atoms with E-state index in [1.54, 1.807) is 55.2 Å². The van der Waals surface area contributed by atoms with E-state index in [1.807, 2.05) is 0 Å². The summed E-state index contributed by atoms with van der Waals surface area (Å²) in [4.78, 5) is 26.1. The Morgan fingerprint density at radius 1 is 1.32 bits per heavy atom. The molecule has 3 N–H and O–H groups in total. The Balaban J connectivity index is 2.41. The predicted molar refractivity (Wildman–Crippen MR) is 125 cm³/mol. The Labute approximate surface area is 197 Å². The van der Waals surface area contributed by atoms with E-state index in [9.17, 15) is 22.8 Å². The van der Waals surface area contributed by atoms with Gasteiger partial charge in [-0.1, -0.05) is 42.3 Å². The van der Waals surface area contributed by atoms with E-state index in [0.717, 1.165) is 0 Å². The highest BCUT2D eigenvalue weighted by Gasteiger charge is 2.42. The molecular formula is C25H27F3N4O2. The Kier molecular flexibility index (Phi) is 8.84. The Morgan fingerprint density at radius 2 is 1.97 bits per heavy atom. The number of halogens is 3. The zero-order valence-corrected chi connectivity index (χ0v) is 19.2. The molecule has 1 saturated heterocycles. The summed E-state index contributed by atoms with van der Waals surface area (Å²) in [7, 11) is 0. The van der Waals surface area contributed by atoms with Crippen molar-refractivity contribution in [2.24, 2.45) is 0 Å². The molecule has 6 nitrogen and oxygen atoms in total. The number of hydrogen-bond acceptors (Lipinski definition) is 5. The molecule has 1 aliphatic heterocycles. The second kappa shape index (κ2) is 11.4. The first-order valence-electron chi connectivity index (χ1n) is 10.6. The van der Waals surface area contributed by atoms with Crippen LogP contribution in [-0.2, 0) is 4.79 Å². The molecule has 9 heteroatoms. The van der Waals surface area contributed by atoms with Crippen LogP contribution in [0.3, 0.4) is 0 Å². The Hall–Kier alpha value is -3.80. The number of benzene rings is 1. The molecule has 34 heavy (non-hydrogen) atoms. The summed E-state index contributed by atoms with van der Waals surface area (Å²) in [6.07, 6.45) is 5.30. The maximum Gasteiger partial charge on any atom is 0.433 e. The molecule has 0 aromatic heterocycles. The van der Waals surface area contributed by atoms with Crippen molar-refractivity contribution in [1.82, 2.24) is 15.5 Å². The Morgan fingerprint density at radius 3 is 2.50 bits per heavy atom. The van der Waals surface area contributed by atoms with Crippen molar-refractivity contribution in [3.8, 4) is 12.3 Å². The second-order valence-electron chi connectivity index (χ2n) is 7.70. The van der Waals surface area contributed by atoms with E-state index in [4.69, 9.17) is 11.8 Å². The summed E-state index contributed by atoms with van der Waals surface area (Å²) in [5, 5.41) is 13.1. The summed E-state index contributed by atoms with van der Waals surface area (Å²) < 4.78 is 40.7. The molecule has 1 aromatic rings. The van der Waals surface area contributed by atoms with Gasteiger partial charge in [-0.3, -0.25) is 15.0 Å². The molecule has 0 radical (unpaired) electrons. The number of hydrogen-bond donors (Lipinski definition) is 3. The van der Waals surface area contributed by atoms with Crippen LogP contribution in [0, 0.1) is 17.8 Å². The summed E-state index contributed by atoms with van der Waals surface area (Å²) in [6, 6.07) is 5.74. The summed E-state index contributed by atoms with van der Waals surface area (Å²) >= 11 is 0. The number of nitrogens with one attached hydrogen (secondary N) is 3. The van der Waals surface area contributed by atoms with Crippen LogP contribution in [0.2, 0.25) is 0 Å². The molecule has 180 valence electrons. The van der Waals surface area contributed by atoms with Gasteiger partial charge in [-0.25, -0.2) is 0 Å². The van der Waals surface area contributed by atoms with Gasteiger partial charge in [0.25, 0.3) is 5.91 Å². The quantitative estimate of drug-likeness (QED) is 0.176. The van der Waals surface area contributed by atoms with Gasteiger partial charge in [0.2, 0.25) is 0 Å². The van der Waals surface area contributed by atoms with E-state index >= 15 is 0 Å². The average Bonchev–Trinajstić information content (AvgIpc) is 3.21. The number of amides is 1. The third kappa shape index (κ3) is 6.61. The molecule has 2 rings (SSSR count). The highest BCUT2D eigenvalue weighted by atomic mass is 19.4. The number of nitrogens with zero attached hydrogens (tertiary/aromatic N) is 1. The monoisotopic (exact) mass is 472 g/mol. The molecule has 0 bridgehead atoms. The lowest BCUT2D eigenvalue weighted by Gasteiger charge is -2.24.